The molecule has 0 aliphatic rings. The van der Waals surface area contributed by atoms with Crippen molar-refractivity contribution in [3.63, 3.8) is 0 Å². The molecule has 0 aliphatic heterocycles. The molecule has 11 heteroatoms. The Labute approximate surface area is 138 Å². The van der Waals surface area contributed by atoms with Crippen molar-refractivity contribution >= 4 is 25.9 Å². The SMILES string of the molecule is Cc1ccc(S(=O)(=O)O)cc1.O=[N+]([O-])c1ccccc1S(=O)(=O)O. The number of hydrogen-bond donors (Lipinski definition) is 2. The van der Waals surface area contributed by atoms with E-state index >= 15 is 0 Å². The molecule has 0 heterocycles. The first kappa shape index (κ1) is 19.7. The fraction of sp³-hybridized carbons (Fsp3) is 0.0769. The second kappa shape index (κ2) is 7.49. The number of nitrogens with zero attached hydrogens (tertiary/aromatic N) is 1. The van der Waals surface area contributed by atoms with Crippen molar-refractivity contribution in [3.8, 4) is 0 Å². The summed E-state index contributed by atoms with van der Waals surface area (Å²) in [5, 5.41) is 10.3. The van der Waals surface area contributed by atoms with Crippen molar-refractivity contribution in [2.24, 2.45) is 0 Å². The van der Waals surface area contributed by atoms with Crippen LogP contribution in [0.5, 0.6) is 0 Å². The van der Waals surface area contributed by atoms with Crippen LogP contribution in [0.3, 0.4) is 0 Å². The van der Waals surface area contributed by atoms with Crippen LogP contribution < -0.4 is 0 Å². The molecule has 2 aromatic rings. The second-order valence-corrected chi connectivity index (χ2v) is 7.30. The van der Waals surface area contributed by atoms with Crippen LogP contribution in [0, 0.1) is 17.0 Å². The smallest absolute Gasteiger partial charge is 0.282 e. The first-order valence-corrected chi connectivity index (χ1v) is 9.06. The van der Waals surface area contributed by atoms with E-state index in [2.05, 4.69) is 0 Å². The first-order valence-electron chi connectivity index (χ1n) is 6.18. The summed E-state index contributed by atoms with van der Waals surface area (Å²) < 4.78 is 59.4. The van der Waals surface area contributed by atoms with E-state index in [0.717, 1.165) is 17.7 Å². The average Bonchev–Trinajstić information content (AvgIpc) is 2.46. The van der Waals surface area contributed by atoms with E-state index in [1.807, 2.05) is 6.92 Å². The highest BCUT2D eigenvalue weighted by molar-refractivity contribution is 7.86. The second-order valence-electron chi connectivity index (χ2n) is 4.49. The number of rotatable bonds is 3. The Morgan fingerprint density at radius 2 is 1.38 bits per heavy atom. The zero-order valence-electron chi connectivity index (χ0n) is 12.2. The maximum absolute atomic E-state index is 10.6. The Hall–Kier alpha value is -2.34. The predicted octanol–water partition coefficient (Wildman–Crippen LogP) is 2.08. The Balaban J connectivity index is 0.000000243. The van der Waals surface area contributed by atoms with Crippen molar-refractivity contribution in [2.75, 3.05) is 0 Å². The highest BCUT2D eigenvalue weighted by Gasteiger charge is 2.22. The van der Waals surface area contributed by atoms with Gasteiger partial charge in [0.1, 0.15) is 0 Å². The lowest BCUT2D eigenvalue weighted by Gasteiger charge is -1.97. The highest BCUT2D eigenvalue weighted by atomic mass is 32.2. The van der Waals surface area contributed by atoms with Gasteiger partial charge in [-0.3, -0.25) is 19.2 Å². The van der Waals surface area contributed by atoms with Gasteiger partial charge in [-0.1, -0.05) is 29.8 Å². The van der Waals surface area contributed by atoms with E-state index in [1.54, 1.807) is 12.1 Å². The van der Waals surface area contributed by atoms with Crippen LogP contribution >= 0.6 is 0 Å². The third-order valence-corrected chi connectivity index (χ3v) is 4.43. The fourth-order valence-electron chi connectivity index (χ4n) is 1.54. The van der Waals surface area contributed by atoms with Crippen LogP contribution in [0.25, 0.3) is 0 Å². The molecule has 0 spiro atoms. The molecule has 0 atom stereocenters. The monoisotopic (exact) mass is 375 g/mol. The van der Waals surface area contributed by atoms with Gasteiger partial charge in [-0.15, -0.1) is 0 Å². The van der Waals surface area contributed by atoms with Crippen LogP contribution in [-0.4, -0.2) is 30.9 Å². The van der Waals surface area contributed by atoms with Gasteiger partial charge in [0.05, 0.1) is 9.82 Å². The number of para-hydroxylation sites is 1. The summed E-state index contributed by atoms with van der Waals surface area (Å²) in [7, 11) is -8.54. The molecule has 0 radical (unpaired) electrons. The summed E-state index contributed by atoms with van der Waals surface area (Å²) >= 11 is 0. The highest BCUT2D eigenvalue weighted by Crippen LogP contribution is 2.21. The minimum absolute atomic E-state index is 0.0666. The van der Waals surface area contributed by atoms with E-state index in [9.17, 15) is 26.9 Å². The van der Waals surface area contributed by atoms with E-state index in [-0.39, 0.29) is 4.90 Å². The van der Waals surface area contributed by atoms with E-state index < -0.39 is 35.7 Å². The van der Waals surface area contributed by atoms with Crippen molar-refractivity contribution in [1.29, 1.82) is 0 Å². The molecular formula is C13H13NO8S2. The third kappa shape index (κ3) is 5.70. The topological polar surface area (TPSA) is 152 Å². The van der Waals surface area contributed by atoms with Crippen LogP contribution in [0.4, 0.5) is 5.69 Å². The lowest BCUT2D eigenvalue weighted by Crippen LogP contribution is -2.02. The summed E-state index contributed by atoms with van der Waals surface area (Å²) in [4.78, 5) is 8.67. The number of nitro benzene ring substituents is 1. The van der Waals surface area contributed by atoms with E-state index in [0.29, 0.717) is 0 Å². The molecule has 0 aliphatic carbocycles. The van der Waals surface area contributed by atoms with Crippen LogP contribution in [0.15, 0.2) is 58.3 Å². The van der Waals surface area contributed by atoms with Gasteiger partial charge in [0.2, 0.25) is 0 Å². The predicted molar refractivity (Wildman–Crippen MR) is 83.9 cm³/mol. The minimum Gasteiger partial charge on any atom is -0.282 e. The Morgan fingerprint density at radius 3 is 1.75 bits per heavy atom. The molecule has 0 amide bonds. The molecule has 0 saturated heterocycles. The summed E-state index contributed by atoms with van der Waals surface area (Å²) in [6.45, 7) is 1.84. The number of benzene rings is 2. The van der Waals surface area contributed by atoms with Crippen LogP contribution in [-0.2, 0) is 20.2 Å². The van der Waals surface area contributed by atoms with Crippen molar-refractivity contribution in [1.82, 2.24) is 0 Å². The van der Waals surface area contributed by atoms with Gasteiger partial charge in [-0.2, -0.15) is 16.8 Å². The van der Waals surface area contributed by atoms with Gasteiger partial charge in [-0.05, 0) is 25.1 Å². The summed E-state index contributed by atoms with van der Waals surface area (Å²) in [6.07, 6.45) is 0. The molecule has 0 fully saturated rings. The number of aryl methyl sites for hydroxylation is 1. The molecule has 24 heavy (non-hydrogen) atoms. The molecule has 130 valence electrons. The molecule has 2 rings (SSSR count). The molecule has 0 bridgehead atoms. The molecule has 0 saturated carbocycles. The van der Waals surface area contributed by atoms with Crippen LogP contribution in [0.2, 0.25) is 0 Å². The molecule has 0 unspecified atom stereocenters. The largest absolute Gasteiger partial charge is 0.301 e. The van der Waals surface area contributed by atoms with Gasteiger partial charge in [0.25, 0.3) is 15.8 Å². The quantitative estimate of drug-likeness (QED) is 0.470. The Bertz CT molecular complexity index is 934. The Kier molecular flexibility index (Phi) is 6.15. The maximum Gasteiger partial charge on any atom is 0.301 e. The standard InChI is InChI=1S/C7H8O3S.C6H5NO5S/c1-6-2-4-7(5-3-6)11(8,9)10;8-7(9)5-3-1-2-4-6(5)13(10,11)12/h2-5H,1H3,(H,8,9,10);1-4H,(H,10,11,12). The van der Waals surface area contributed by atoms with Gasteiger partial charge in [0.15, 0.2) is 4.90 Å². The van der Waals surface area contributed by atoms with E-state index in [1.165, 1.54) is 24.3 Å². The summed E-state index contributed by atoms with van der Waals surface area (Å²) in [6, 6.07) is 10.6. The van der Waals surface area contributed by atoms with Gasteiger partial charge in [0, 0.05) is 6.07 Å². The fourth-order valence-corrected chi connectivity index (χ4v) is 2.67. The summed E-state index contributed by atoms with van der Waals surface area (Å²) in [5.41, 5.74) is 0.322. The van der Waals surface area contributed by atoms with Gasteiger partial charge >= 0.3 is 10.1 Å². The number of nitro groups is 1. The third-order valence-electron chi connectivity index (χ3n) is 2.66. The first-order chi connectivity index (χ1) is 10.9. The number of hydrogen-bond acceptors (Lipinski definition) is 6. The molecule has 2 aromatic carbocycles. The molecule has 0 aromatic heterocycles. The van der Waals surface area contributed by atoms with Gasteiger partial charge < -0.3 is 0 Å². The Morgan fingerprint density at radius 1 is 0.875 bits per heavy atom. The molecular weight excluding hydrogens is 362 g/mol. The zero-order chi connectivity index (χ0) is 18.5. The van der Waals surface area contributed by atoms with Crippen molar-refractivity contribution in [2.45, 2.75) is 16.7 Å². The normalized spacial score (nSPS) is 11.3. The van der Waals surface area contributed by atoms with E-state index in [4.69, 9.17) is 9.11 Å². The average molecular weight is 375 g/mol. The van der Waals surface area contributed by atoms with Crippen molar-refractivity contribution < 1.29 is 30.9 Å². The lowest BCUT2D eigenvalue weighted by molar-refractivity contribution is -0.387. The minimum atomic E-state index is -4.52. The maximum atomic E-state index is 10.6. The summed E-state index contributed by atoms with van der Waals surface area (Å²) in [5.74, 6) is 0. The van der Waals surface area contributed by atoms with Crippen molar-refractivity contribution in [3.05, 3.63) is 64.2 Å². The zero-order valence-corrected chi connectivity index (χ0v) is 13.9. The van der Waals surface area contributed by atoms with Gasteiger partial charge in [-0.25, -0.2) is 0 Å². The molecule has 9 nitrogen and oxygen atoms in total. The lowest BCUT2D eigenvalue weighted by atomic mass is 10.2. The molecule has 2 N–H and O–H groups in total. The van der Waals surface area contributed by atoms with Crippen LogP contribution in [0.1, 0.15) is 5.56 Å².